The third-order valence-electron chi connectivity index (χ3n) is 4.26. The Kier molecular flexibility index (Phi) is 5.21. The smallest absolute Gasteiger partial charge is 0.245 e. The summed E-state index contributed by atoms with van der Waals surface area (Å²) in [6.07, 6.45) is 3.22. The van der Waals surface area contributed by atoms with Crippen LogP contribution in [0.3, 0.4) is 0 Å². The van der Waals surface area contributed by atoms with Crippen molar-refractivity contribution >= 4 is 17.5 Å². The summed E-state index contributed by atoms with van der Waals surface area (Å²) < 4.78 is 6.04. The first-order valence-electron chi connectivity index (χ1n) is 8.10. The van der Waals surface area contributed by atoms with Gasteiger partial charge in [0.05, 0.1) is 0 Å². The number of hydrogen-bond donors (Lipinski definition) is 0. The Labute approximate surface area is 147 Å². The maximum absolute atomic E-state index is 11.6. The van der Waals surface area contributed by atoms with Crippen molar-refractivity contribution in [1.29, 1.82) is 0 Å². The van der Waals surface area contributed by atoms with Gasteiger partial charge in [0.1, 0.15) is 11.9 Å². The predicted molar refractivity (Wildman–Crippen MR) is 97.3 cm³/mol. The highest BCUT2D eigenvalue weighted by Crippen LogP contribution is 2.25. The zero-order chi connectivity index (χ0) is 16.9. The molecular formula is C20H20ClNO2. The summed E-state index contributed by atoms with van der Waals surface area (Å²) in [4.78, 5) is 13.4. The van der Waals surface area contributed by atoms with E-state index in [4.69, 9.17) is 16.3 Å². The summed E-state index contributed by atoms with van der Waals surface area (Å²) in [6, 6.07) is 15.9. The molecule has 1 saturated heterocycles. The summed E-state index contributed by atoms with van der Waals surface area (Å²) in [5, 5.41) is 0.736. The standard InChI is InChI=1S/C20H20ClNO2/c1-2-20(23)22-13-11-19(12-14-22)24-18-9-5-16(6-10-18)15-3-7-17(21)8-4-15/h2-10,19H,1,11-14H2. The van der Waals surface area contributed by atoms with Crippen LogP contribution in [-0.4, -0.2) is 30.0 Å². The van der Waals surface area contributed by atoms with E-state index >= 15 is 0 Å². The lowest BCUT2D eigenvalue weighted by molar-refractivity contribution is -0.127. The fourth-order valence-corrected chi connectivity index (χ4v) is 3.01. The monoisotopic (exact) mass is 341 g/mol. The van der Waals surface area contributed by atoms with Crippen LogP contribution in [0.5, 0.6) is 5.75 Å². The molecule has 1 aliphatic heterocycles. The number of hydrogen-bond acceptors (Lipinski definition) is 2. The molecule has 0 aromatic heterocycles. The lowest BCUT2D eigenvalue weighted by Gasteiger charge is -2.31. The number of benzene rings is 2. The largest absolute Gasteiger partial charge is 0.490 e. The third-order valence-corrected chi connectivity index (χ3v) is 4.51. The minimum Gasteiger partial charge on any atom is -0.490 e. The van der Waals surface area contributed by atoms with Crippen LogP contribution in [0.15, 0.2) is 61.2 Å². The number of likely N-dealkylation sites (tertiary alicyclic amines) is 1. The lowest BCUT2D eigenvalue weighted by Crippen LogP contribution is -2.41. The van der Waals surface area contributed by atoms with Crippen LogP contribution in [0.1, 0.15) is 12.8 Å². The van der Waals surface area contributed by atoms with Gasteiger partial charge < -0.3 is 9.64 Å². The first-order valence-corrected chi connectivity index (χ1v) is 8.47. The minimum absolute atomic E-state index is 0.000711. The van der Waals surface area contributed by atoms with E-state index in [0.717, 1.165) is 47.8 Å². The summed E-state index contributed by atoms with van der Waals surface area (Å²) in [5.41, 5.74) is 2.26. The Morgan fingerprint density at radius 3 is 2.12 bits per heavy atom. The zero-order valence-electron chi connectivity index (χ0n) is 13.5. The first kappa shape index (κ1) is 16.6. The van der Waals surface area contributed by atoms with Crippen molar-refractivity contribution in [2.75, 3.05) is 13.1 Å². The van der Waals surface area contributed by atoms with E-state index in [-0.39, 0.29) is 12.0 Å². The number of nitrogens with zero attached hydrogens (tertiary/aromatic N) is 1. The topological polar surface area (TPSA) is 29.5 Å². The molecule has 0 radical (unpaired) electrons. The van der Waals surface area contributed by atoms with Crippen LogP contribution in [-0.2, 0) is 4.79 Å². The predicted octanol–water partition coefficient (Wildman–Crippen LogP) is 4.56. The summed E-state index contributed by atoms with van der Waals surface area (Å²) >= 11 is 5.92. The average Bonchev–Trinajstić information content (AvgIpc) is 2.63. The minimum atomic E-state index is 0.000711. The molecule has 3 nitrogen and oxygen atoms in total. The molecule has 0 atom stereocenters. The van der Waals surface area contributed by atoms with Crippen LogP contribution in [0, 0.1) is 0 Å². The molecule has 0 unspecified atom stereocenters. The number of piperidine rings is 1. The molecule has 0 N–H and O–H groups in total. The van der Waals surface area contributed by atoms with Gasteiger partial charge in [-0.2, -0.15) is 0 Å². The Balaban J connectivity index is 1.58. The Hall–Kier alpha value is -2.26. The number of carbonyl (C=O) groups excluding carboxylic acids is 1. The van der Waals surface area contributed by atoms with E-state index in [1.807, 2.05) is 41.3 Å². The van der Waals surface area contributed by atoms with Gasteiger partial charge in [0.15, 0.2) is 0 Å². The molecule has 24 heavy (non-hydrogen) atoms. The van der Waals surface area contributed by atoms with E-state index in [1.165, 1.54) is 6.08 Å². The van der Waals surface area contributed by atoms with Crippen LogP contribution in [0.25, 0.3) is 11.1 Å². The number of halogens is 1. The number of amides is 1. The Morgan fingerprint density at radius 1 is 1.04 bits per heavy atom. The van der Waals surface area contributed by atoms with Crippen molar-refractivity contribution in [2.24, 2.45) is 0 Å². The Bertz CT molecular complexity index is 701. The second-order valence-corrected chi connectivity index (χ2v) is 6.31. The quantitative estimate of drug-likeness (QED) is 0.763. The zero-order valence-corrected chi connectivity index (χ0v) is 14.2. The fraction of sp³-hybridized carbons (Fsp3) is 0.250. The van der Waals surface area contributed by atoms with E-state index in [9.17, 15) is 4.79 Å². The first-order chi connectivity index (χ1) is 11.7. The molecular weight excluding hydrogens is 322 g/mol. The van der Waals surface area contributed by atoms with E-state index < -0.39 is 0 Å². The molecule has 1 aliphatic rings. The molecule has 1 fully saturated rings. The Morgan fingerprint density at radius 2 is 1.58 bits per heavy atom. The van der Waals surface area contributed by atoms with Gasteiger partial charge in [-0.15, -0.1) is 0 Å². The summed E-state index contributed by atoms with van der Waals surface area (Å²) in [6.45, 7) is 4.97. The van der Waals surface area contributed by atoms with Crippen molar-refractivity contribution in [3.8, 4) is 16.9 Å². The molecule has 1 heterocycles. The lowest BCUT2D eigenvalue weighted by atomic mass is 10.1. The molecule has 0 bridgehead atoms. The van der Waals surface area contributed by atoms with Gasteiger partial charge in [0.2, 0.25) is 5.91 Å². The third kappa shape index (κ3) is 3.98. The fourth-order valence-electron chi connectivity index (χ4n) is 2.88. The second kappa shape index (κ2) is 7.54. The van der Waals surface area contributed by atoms with Gasteiger partial charge >= 0.3 is 0 Å². The van der Waals surface area contributed by atoms with Gasteiger partial charge in [-0.1, -0.05) is 42.4 Å². The molecule has 2 aromatic rings. The maximum Gasteiger partial charge on any atom is 0.245 e. The molecule has 0 spiro atoms. The summed E-state index contributed by atoms with van der Waals surface area (Å²) in [5.74, 6) is 0.863. The van der Waals surface area contributed by atoms with Gasteiger partial charge in [-0.25, -0.2) is 0 Å². The average molecular weight is 342 g/mol. The van der Waals surface area contributed by atoms with Crippen molar-refractivity contribution in [1.82, 2.24) is 4.90 Å². The van der Waals surface area contributed by atoms with Crippen molar-refractivity contribution in [3.05, 3.63) is 66.2 Å². The number of carbonyl (C=O) groups is 1. The molecule has 1 amide bonds. The normalized spacial score (nSPS) is 15.1. The molecule has 3 rings (SSSR count). The van der Waals surface area contributed by atoms with Crippen molar-refractivity contribution in [3.63, 3.8) is 0 Å². The second-order valence-electron chi connectivity index (χ2n) is 5.88. The van der Waals surface area contributed by atoms with Crippen LogP contribution in [0.4, 0.5) is 0 Å². The van der Waals surface area contributed by atoms with Crippen LogP contribution in [0.2, 0.25) is 5.02 Å². The highest BCUT2D eigenvalue weighted by atomic mass is 35.5. The molecule has 0 aliphatic carbocycles. The molecule has 2 aromatic carbocycles. The SMILES string of the molecule is C=CC(=O)N1CCC(Oc2ccc(-c3ccc(Cl)cc3)cc2)CC1. The van der Waals surface area contributed by atoms with E-state index in [1.54, 1.807) is 0 Å². The highest BCUT2D eigenvalue weighted by molar-refractivity contribution is 6.30. The summed E-state index contributed by atoms with van der Waals surface area (Å²) in [7, 11) is 0. The molecule has 0 saturated carbocycles. The van der Waals surface area contributed by atoms with Crippen LogP contribution < -0.4 is 4.74 Å². The number of ether oxygens (including phenoxy) is 1. The van der Waals surface area contributed by atoms with Crippen molar-refractivity contribution < 1.29 is 9.53 Å². The number of rotatable bonds is 4. The van der Waals surface area contributed by atoms with Crippen LogP contribution >= 0.6 is 11.6 Å². The van der Waals surface area contributed by atoms with E-state index in [2.05, 4.69) is 18.7 Å². The van der Waals surface area contributed by atoms with Gasteiger partial charge in [0.25, 0.3) is 0 Å². The van der Waals surface area contributed by atoms with Gasteiger partial charge in [-0.3, -0.25) is 4.79 Å². The van der Waals surface area contributed by atoms with Gasteiger partial charge in [-0.05, 0) is 41.5 Å². The molecule has 4 heteroatoms. The van der Waals surface area contributed by atoms with Crippen molar-refractivity contribution in [2.45, 2.75) is 18.9 Å². The van der Waals surface area contributed by atoms with Gasteiger partial charge in [0, 0.05) is 31.0 Å². The highest BCUT2D eigenvalue weighted by Gasteiger charge is 2.22. The maximum atomic E-state index is 11.6. The van der Waals surface area contributed by atoms with E-state index in [0.29, 0.717) is 0 Å². The molecule has 124 valence electrons.